The van der Waals surface area contributed by atoms with Crippen molar-refractivity contribution >= 4 is 27.7 Å². The summed E-state index contributed by atoms with van der Waals surface area (Å²) in [6.45, 7) is 5.78. The summed E-state index contributed by atoms with van der Waals surface area (Å²) < 4.78 is 70.8. The number of amides is 2. The number of amidine groups is 1. The molecule has 250 valence electrons. The first-order valence-electron chi connectivity index (χ1n) is 14.1. The van der Waals surface area contributed by atoms with Crippen LogP contribution in [-0.2, 0) is 27.8 Å². The van der Waals surface area contributed by atoms with Gasteiger partial charge in [0.15, 0.2) is 0 Å². The van der Waals surface area contributed by atoms with Crippen LogP contribution in [0.2, 0.25) is 0 Å². The molecule has 3 aromatic rings. The van der Waals surface area contributed by atoms with Crippen LogP contribution in [0.1, 0.15) is 38.4 Å². The molecule has 0 spiro atoms. The minimum Gasteiger partial charge on any atom is -0.497 e. The number of halogens is 3. The Morgan fingerprint density at radius 3 is 2.17 bits per heavy atom. The summed E-state index contributed by atoms with van der Waals surface area (Å²) >= 11 is 0. The Kier molecular flexibility index (Phi) is 11.6. The predicted octanol–water partition coefficient (Wildman–Crippen LogP) is 3.77. The maximum atomic E-state index is 13.3. The lowest BCUT2D eigenvalue weighted by molar-refractivity contribution is -0.169. The summed E-state index contributed by atoms with van der Waals surface area (Å²) in [4.78, 5) is 30.7. The quantitative estimate of drug-likeness (QED) is 0.348. The predicted molar refractivity (Wildman–Crippen MR) is 166 cm³/mol. The third-order valence-electron chi connectivity index (χ3n) is 7.25. The van der Waals surface area contributed by atoms with Gasteiger partial charge in [0.1, 0.15) is 23.6 Å². The summed E-state index contributed by atoms with van der Waals surface area (Å²) in [6.07, 6.45) is -2.77. The van der Waals surface area contributed by atoms with Crippen molar-refractivity contribution in [3.8, 4) is 5.75 Å². The summed E-state index contributed by atoms with van der Waals surface area (Å²) in [5.74, 6) is -0.438. The van der Waals surface area contributed by atoms with E-state index in [0.29, 0.717) is 41.2 Å². The first-order valence-corrected chi connectivity index (χ1v) is 15.6. The number of sulfonamides is 1. The van der Waals surface area contributed by atoms with Gasteiger partial charge in [0.05, 0.1) is 30.7 Å². The number of methoxy groups -OCH3 is 1. The minimum absolute atomic E-state index is 0.00291. The smallest absolute Gasteiger partial charge is 0.470 e. The molecule has 1 aliphatic heterocycles. The molecule has 2 amide bonds. The van der Waals surface area contributed by atoms with Crippen LogP contribution < -0.4 is 10.5 Å². The van der Waals surface area contributed by atoms with Crippen molar-refractivity contribution in [1.82, 2.24) is 14.1 Å². The highest BCUT2D eigenvalue weighted by molar-refractivity contribution is 7.89. The number of alkyl halides is 3. The molecule has 1 aromatic heterocycles. The second-order valence-corrected chi connectivity index (χ2v) is 12.8. The lowest BCUT2D eigenvalue weighted by atomic mass is 10.1. The molecule has 0 aliphatic carbocycles. The van der Waals surface area contributed by atoms with Crippen molar-refractivity contribution in [3.63, 3.8) is 0 Å². The van der Waals surface area contributed by atoms with E-state index in [4.69, 9.17) is 13.9 Å². The molecule has 2 aromatic carbocycles. The maximum absolute atomic E-state index is 13.3. The molecule has 0 saturated heterocycles. The fourth-order valence-corrected chi connectivity index (χ4v) is 6.30. The molecule has 0 bridgehead atoms. The Hall–Kier alpha value is -4.37. The van der Waals surface area contributed by atoms with Gasteiger partial charge in [-0.2, -0.15) is 17.5 Å². The molecule has 11 nitrogen and oxygen atoms in total. The fraction of sp³-hybridized carbons (Fsp3) is 0.387. The molecule has 0 radical (unpaired) electrons. The number of aryl methyl sites for hydroxylation is 2. The summed E-state index contributed by atoms with van der Waals surface area (Å²) in [6, 6.07) is 13.3. The lowest BCUT2D eigenvalue weighted by Crippen LogP contribution is -2.30. The van der Waals surface area contributed by atoms with Gasteiger partial charge in [-0.3, -0.25) is 14.6 Å². The number of ether oxygens (including phenoxy) is 1. The molecule has 4 rings (SSSR count). The SMILES string of the molecule is COc1cc(C)c(S(=O)(=O)N(C)Cc2cc(C(=O)N(C)CCc3ccc(C4=NCCN4C)cc3)co2)c(C)c1.NC(=O)C(F)(F)F. The molecule has 0 atom stereocenters. The highest BCUT2D eigenvalue weighted by Crippen LogP contribution is 2.28. The van der Waals surface area contributed by atoms with Crippen LogP contribution in [0, 0.1) is 13.8 Å². The highest BCUT2D eigenvalue weighted by Gasteiger charge is 2.35. The third kappa shape index (κ3) is 8.88. The van der Waals surface area contributed by atoms with Crippen molar-refractivity contribution < 1.29 is 40.3 Å². The van der Waals surface area contributed by atoms with Crippen LogP contribution in [0.5, 0.6) is 5.75 Å². The zero-order chi connectivity index (χ0) is 34.4. The van der Waals surface area contributed by atoms with E-state index in [-0.39, 0.29) is 17.3 Å². The molecule has 15 heteroatoms. The number of primary amides is 1. The molecule has 2 heterocycles. The van der Waals surface area contributed by atoms with Gasteiger partial charge < -0.3 is 24.7 Å². The van der Waals surface area contributed by atoms with Crippen LogP contribution in [0.15, 0.2) is 63.0 Å². The summed E-state index contributed by atoms with van der Waals surface area (Å²) in [5.41, 5.74) is 7.62. The first-order chi connectivity index (χ1) is 21.4. The van der Waals surface area contributed by atoms with E-state index in [2.05, 4.69) is 39.9 Å². The Morgan fingerprint density at radius 1 is 1.09 bits per heavy atom. The second-order valence-electron chi connectivity index (χ2n) is 10.8. The second kappa shape index (κ2) is 14.8. The number of carbonyl (C=O) groups is 2. The zero-order valence-electron chi connectivity index (χ0n) is 26.5. The zero-order valence-corrected chi connectivity index (χ0v) is 27.3. The van der Waals surface area contributed by atoms with Crippen molar-refractivity contribution in [2.75, 3.05) is 47.9 Å². The highest BCUT2D eigenvalue weighted by atomic mass is 32.2. The number of hydrogen-bond donors (Lipinski definition) is 1. The number of hydrogen-bond acceptors (Lipinski definition) is 8. The number of carbonyl (C=O) groups excluding carboxylic acids is 2. The average Bonchev–Trinajstić information content (AvgIpc) is 3.63. The van der Waals surface area contributed by atoms with Gasteiger partial charge in [-0.05, 0) is 55.2 Å². The summed E-state index contributed by atoms with van der Waals surface area (Å²) in [5, 5.41) is 0. The third-order valence-corrected chi connectivity index (χ3v) is 9.36. The average molecular weight is 666 g/mol. The van der Waals surface area contributed by atoms with E-state index in [9.17, 15) is 26.4 Å². The number of benzene rings is 2. The van der Waals surface area contributed by atoms with Gasteiger partial charge in [0.25, 0.3) is 5.91 Å². The fourth-order valence-electron chi connectivity index (χ4n) is 4.75. The van der Waals surface area contributed by atoms with E-state index >= 15 is 0 Å². The topological polar surface area (TPSA) is 139 Å². The Bertz CT molecular complexity index is 1660. The molecular formula is C31H38F3N5O6S. The van der Waals surface area contributed by atoms with E-state index in [1.54, 1.807) is 51.1 Å². The van der Waals surface area contributed by atoms with E-state index in [0.717, 1.165) is 30.1 Å². The van der Waals surface area contributed by atoms with E-state index in [1.807, 2.05) is 7.05 Å². The molecule has 0 fully saturated rings. The minimum atomic E-state index is -4.86. The van der Waals surface area contributed by atoms with Crippen molar-refractivity contribution in [2.45, 2.75) is 37.9 Å². The number of likely N-dealkylation sites (N-methyl/N-ethyl adjacent to an activating group) is 2. The van der Waals surface area contributed by atoms with Crippen LogP contribution in [-0.4, -0.2) is 94.2 Å². The maximum Gasteiger partial charge on any atom is 0.470 e. The Labute approximate surface area is 266 Å². The number of nitrogens with two attached hydrogens (primary N) is 1. The van der Waals surface area contributed by atoms with Crippen molar-refractivity contribution in [1.29, 1.82) is 0 Å². The van der Waals surface area contributed by atoms with Gasteiger partial charge in [-0.1, -0.05) is 24.3 Å². The summed E-state index contributed by atoms with van der Waals surface area (Å²) in [7, 11) is 3.04. The molecule has 0 unspecified atom stereocenters. The molecule has 46 heavy (non-hydrogen) atoms. The number of furan rings is 1. The van der Waals surface area contributed by atoms with Crippen LogP contribution in [0.3, 0.4) is 0 Å². The molecule has 0 saturated carbocycles. The van der Waals surface area contributed by atoms with Crippen molar-refractivity contribution in [2.24, 2.45) is 10.7 Å². The monoisotopic (exact) mass is 665 g/mol. The van der Waals surface area contributed by atoms with Crippen LogP contribution in [0.25, 0.3) is 0 Å². The van der Waals surface area contributed by atoms with Gasteiger partial charge in [0.2, 0.25) is 10.0 Å². The largest absolute Gasteiger partial charge is 0.497 e. The van der Waals surface area contributed by atoms with Gasteiger partial charge in [-0.25, -0.2) is 8.42 Å². The molecule has 1 aliphatic rings. The van der Waals surface area contributed by atoms with Crippen LogP contribution >= 0.6 is 0 Å². The first kappa shape index (κ1) is 36.1. The van der Waals surface area contributed by atoms with E-state index in [1.165, 1.54) is 17.6 Å². The van der Waals surface area contributed by atoms with Gasteiger partial charge in [0, 0.05) is 39.8 Å². The molecule has 2 N–H and O–H groups in total. The Morgan fingerprint density at radius 2 is 1.67 bits per heavy atom. The molecular weight excluding hydrogens is 627 g/mol. The number of rotatable bonds is 10. The number of nitrogens with zero attached hydrogens (tertiary/aromatic N) is 4. The van der Waals surface area contributed by atoms with E-state index < -0.39 is 22.1 Å². The lowest BCUT2D eigenvalue weighted by Gasteiger charge is -2.20. The van der Waals surface area contributed by atoms with Gasteiger partial charge >= 0.3 is 12.1 Å². The normalized spacial score (nSPS) is 13.3. The van der Waals surface area contributed by atoms with Gasteiger partial charge in [-0.15, -0.1) is 0 Å². The Balaban J connectivity index is 0.000000738. The standard InChI is InChI=1S/C29H36N4O5S.C2H2F3NO/c1-20-15-25(37-6)16-21(2)27(20)39(35,36)33(5)18-26-17-24(19-38-26)29(34)32(4)13-11-22-7-9-23(10-8-22)28-30-12-14-31(28)3;3-2(4,5)1(6)7/h7-10,15-17,19H,11-14,18H2,1-6H3;(H2,6,7). The number of aliphatic imine (C=N–C) groups is 1. The van der Waals surface area contributed by atoms with Crippen molar-refractivity contribution in [3.05, 3.63) is 82.3 Å². The van der Waals surface area contributed by atoms with Crippen LogP contribution in [0.4, 0.5) is 13.2 Å².